The number of nitrogens with one attached hydrogen (secondary N) is 1. The summed E-state index contributed by atoms with van der Waals surface area (Å²) in [6, 6.07) is 7.04. The van der Waals surface area contributed by atoms with E-state index >= 15 is 0 Å². The molecule has 2 rings (SSSR count). The number of aromatic amines is 1. The predicted molar refractivity (Wildman–Crippen MR) is 54.0 cm³/mol. The first-order chi connectivity index (χ1) is 6.70. The maximum Gasteiger partial charge on any atom is 0.505 e. The number of benzene rings is 1. The largest absolute Gasteiger partial charge is 0.505 e. The van der Waals surface area contributed by atoms with Gasteiger partial charge in [0.15, 0.2) is 0 Å². The van der Waals surface area contributed by atoms with Gasteiger partial charge in [0.1, 0.15) is 0 Å². The summed E-state index contributed by atoms with van der Waals surface area (Å²) in [5.41, 5.74) is 1.98. The highest BCUT2D eigenvalue weighted by Gasteiger charge is 2.13. The SMILES string of the molecule is OCc1ccc2[nH]c(B(O)O)cc2c1. The third-order valence-corrected chi connectivity index (χ3v) is 2.17. The topological polar surface area (TPSA) is 76.5 Å². The predicted octanol–water partition coefficient (Wildman–Crippen LogP) is -0.660. The molecule has 0 bridgehead atoms. The number of aliphatic hydroxyl groups is 1. The molecule has 0 spiro atoms. The number of hydrogen-bond donors (Lipinski definition) is 4. The Morgan fingerprint density at radius 1 is 1.21 bits per heavy atom. The van der Waals surface area contributed by atoms with Crippen LogP contribution in [0, 0.1) is 0 Å². The molecule has 0 radical (unpaired) electrons. The summed E-state index contributed by atoms with van der Waals surface area (Å²) in [6.45, 7) is -0.0157. The first kappa shape index (κ1) is 9.27. The summed E-state index contributed by atoms with van der Waals surface area (Å²) in [4.78, 5) is 2.86. The van der Waals surface area contributed by atoms with Crippen LogP contribution in [0.2, 0.25) is 0 Å². The molecule has 1 aromatic carbocycles. The Morgan fingerprint density at radius 3 is 2.64 bits per heavy atom. The molecule has 0 saturated carbocycles. The van der Waals surface area contributed by atoms with E-state index in [-0.39, 0.29) is 6.61 Å². The minimum atomic E-state index is -1.49. The van der Waals surface area contributed by atoms with Gasteiger partial charge in [0.25, 0.3) is 0 Å². The van der Waals surface area contributed by atoms with E-state index in [4.69, 9.17) is 15.2 Å². The molecule has 0 fully saturated rings. The third-order valence-electron chi connectivity index (χ3n) is 2.17. The molecule has 0 amide bonds. The van der Waals surface area contributed by atoms with Crippen LogP contribution in [0.1, 0.15) is 5.56 Å². The van der Waals surface area contributed by atoms with Gasteiger partial charge in [0.2, 0.25) is 0 Å². The van der Waals surface area contributed by atoms with Crippen LogP contribution in [0.3, 0.4) is 0 Å². The zero-order chi connectivity index (χ0) is 10.1. The van der Waals surface area contributed by atoms with E-state index in [0.717, 1.165) is 16.5 Å². The molecular weight excluding hydrogens is 181 g/mol. The van der Waals surface area contributed by atoms with Crippen molar-refractivity contribution in [3.63, 3.8) is 0 Å². The molecule has 0 atom stereocenters. The van der Waals surface area contributed by atoms with Crippen LogP contribution in [0.5, 0.6) is 0 Å². The van der Waals surface area contributed by atoms with Gasteiger partial charge in [-0.15, -0.1) is 0 Å². The fraction of sp³-hybridized carbons (Fsp3) is 0.111. The van der Waals surface area contributed by atoms with Crippen molar-refractivity contribution in [2.24, 2.45) is 0 Å². The summed E-state index contributed by atoms with van der Waals surface area (Å²) >= 11 is 0. The van der Waals surface area contributed by atoms with Gasteiger partial charge in [-0.25, -0.2) is 0 Å². The maximum atomic E-state index is 8.93. The van der Waals surface area contributed by atoms with Gasteiger partial charge in [0, 0.05) is 11.1 Å². The lowest BCUT2D eigenvalue weighted by Gasteiger charge is -1.94. The summed E-state index contributed by atoms with van der Waals surface area (Å²) in [6.07, 6.45) is 0. The molecular formula is C9H10BNO3. The quantitative estimate of drug-likeness (QED) is 0.476. The first-order valence-corrected chi connectivity index (χ1v) is 4.29. The van der Waals surface area contributed by atoms with Crippen LogP contribution in [-0.2, 0) is 6.61 Å². The van der Waals surface area contributed by atoms with Crippen molar-refractivity contribution >= 4 is 23.6 Å². The van der Waals surface area contributed by atoms with Crippen LogP contribution in [0.4, 0.5) is 0 Å². The Kier molecular flexibility index (Phi) is 2.29. The second kappa shape index (κ2) is 3.45. The minimum absolute atomic E-state index is 0.0157. The van der Waals surface area contributed by atoms with Crippen LogP contribution < -0.4 is 5.59 Å². The summed E-state index contributed by atoms with van der Waals surface area (Å²) in [5.74, 6) is 0. The monoisotopic (exact) mass is 191 g/mol. The molecule has 0 unspecified atom stereocenters. The molecule has 2 aromatic rings. The molecule has 0 saturated heterocycles. The van der Waals surface area contributed by atoms with Crippen LogP contribution >= 0.6 is 0 Å². The molecule has 0 aliphatic carbocycles. The van der Waals surface area contributed by atoms with E-state index in [0.29, 0.717) is 5.59 Å². The Hall–Kier alpha value is -1.30. The Bertz CT molecular complexity index is 452. The van der Waals surface area contributed by atoms with Gasteiger partial charge in [-0.05, 0) is 29.1 Å². The van der Waals surface area contributed by atoms with Crippen molar-refractivity contribution in [3.05, 3.63) is 29.8 Å². The third kappa shape index (κ3) is 1.53. The van der Waals surface area contributed by atoms with Gasteiger partial charge in [0.05, 0.1) is 6.61 Å². The number of fused-ring (bicyclic) bond motifs is 1. The molecule has 4 nitrogen and oxygen atoms in total. The molecule has 0 aliphatic rings. The lowest BCUT2D eigenvalue weighted by Crippen LogP contribution is -2.30. The minimum Gasteiger partial charge on any atom is -0.422 e. The van der Waals surface area contributed by atoms with Crippen molar-refractivity contribution in [1.82, 2.24) is 4.98 Å². The average molecular weight is 191 g/mol. The molecule has 14 heavy (non-hydrogen) atoms. The molecule has 0 aliphatic heterocycles. The number of H-pyrrole nitrogens is 1. The van der Waals surface area contributed by atoms with Gasteiger partial charge in [-0.2, -0.15) is 0 Å². The van der Waals surface area contributed by atoms with Gasteiger partial charge in [-0.1, -0.05) is 6.07 Å². The summed E-state index contributed by atoms with van der Waals surface area (Å²) in [5, 5.41) is 27.6. The molecule has 4 N–H and O–H groups in total. The number of aromatic nitrogens is 1. The smallest absolute Gasteiger partial charge is 0.422 e. The van der Waals surface area contributed by atoms with Gasteiger partial charge < -0.3 is 20.1 Å². The lowest BCUT2D eigenvalue weighted by molar-refractivity contribution is 0.282. The fourth-order valence-electron chi connectivity index (χ4n) is 1.44. The van der Waals surface area contributed by atoms with Crippen molar-refractivity contribution < 1.29 is 15.2 Å². The summed E-state index contributed by atoms with van der Waals surface area (Å²) in [7, 11) is -1.49. The summed E-state index contributed by atoms with van der Waals surface area (Å²) < 4.78 is 0. The Morgan fingerprint density at radius 2 is 2.00 bits per heavy atom. The van der Waals surface area contributed by atoms with E-state index in [1.807, 2.05) is 0 Å². The van der Waals surface area contributed by atoms with Crippen molar-refractivity contribution in [1.29, 1.82) is 0 Å². The fourth-order valence-corrected chi connectivity index (χ4v) is 1.44. The van der Waals surface area contributed by atoms with Gasteiger partial charge in [-0.3, -0.25) is 0 Å². The van der Waals surface area contributed by atoms with Crippen molar-refractivity contribution in [2.45, 2.75) is 6.61 Å². The van der Waals surface area contributed by atoms with Gasteiger partial charge >= 0.3 is 7.12 Å². The molecule has 1 aromatic heterocycles. The number of rotatable bonds is 2. The van der Waals surface area contributed by atoms with E-state index in [2.05, 4.69) is 4.98 Å². The maximum absolute atomic E-state index is 8.93. The van der Waals surface area contributed by atoms with E-state index in [1.165, 1.54) is 0 Å². The second-order valence-electron chi connectivity index (χ2n) is 3.18. The zero-order valence-electron chi connectivity index (χ0n) is 7.44. The molecule has 1 heterocycles. The van der Waals surface area contributed by atoms with Crippen LogP contribution in [-0.4, -0.2) is 27.3 Å². The first-order valence-electron chi connectivity index (χ1n) is 4.29. The highest BCUT2D eigenvalue weighted by Crippen LogP contribution is 2.13. The second-order valence-corrected chi connectivity index (χ2v) is 3.18. The standard InChI is InChI=1S/C9H10BNO3/c12-5-6-1-2-8-7(3-6)4-9(11-8)10(13)14/h1-4,11-14H,5H2. The van der Waals surface area contributed by atoms with E-state index < -0.39 is 7.12 Å². The highest BCUT2D eigenvalue weighted by molar-refractivity contribution is 6.58. The highest BCUT2D eigenvalue weighted by atomic mass is 16.4. The zero-order valence-corrected chi connectivity index (χ0v) is 7.44. The van der Waals surface area contributed by atoms with Crippen LogP contribution in [0.15, 0.2) is 24.3 Å². The average Bonchev–Trinajstić information content (AvgIpc) is 2.59. The van der Waals surface area contributed by atoms with Crippen molar-refractivity contribution in [2.75, 3.05) is 0 Å². The normalized spacial score (nSPS) is 10.8. The Balaban J connectivity index is 2.54. The molecule has 5 heteroatoms. The number of aliphatic hydroxyl groups excluding tert-OH is 1. The Labute approximate surface area is 81.0 Å². The van der Waals surface area contributed by atoms with Crippen molar-refractivity contribution in [3.8, 4) is 0 Å². The lowest BCUT2D eigenvalue weighted by atomic mass is 9.86. The molecule has 72 valence electrons. The number of hydrogen-bond acceptors (Lipinski definition) is 3. The van der Waals surface area contributed by atoms with E-state index in [1.54, 1.807) is 24.3 Å². The van der Waals surface area contributed by atoms with Crippen LogP contribution in [0.25, 0.3) is 10.9 Å². The van der Waals surface area contributed by atoms with E-state index in [9.17, 15) is 0 Å².